The average molecular weight is 313 g/mol. The van der Waals surface area contributed by atoms with Gasteiger partial charge in [-0.1, -0.05) is 30.3 Å². The quantitative estimate of drug-likeness (QED) is 0.725. The van der Waals surface area contributed by atoms with Crippen molar-refractivity contribution in [2.75, 3.05) is 11.9 Å². The summed E-state index contributed by atoms with van der Waals surface area (Å²) in [6.45, 7) is -0.533. The summed E-state index contributed by atoms with van der Waals surface area (Å²) in [4.78, 5) is 23.7. The number of halogens is 1. The molecule has 0 saturated carbocycles. The standard InChI is InChI=1S/C16H12FN3O3/c17-11-6-2-4-8-13(11)18-14(21)9-23-16(22)15-10-5-1-3-7-12(10)19-20-15/h1-8H,9H2,(H,18,21)(H,19,20). The van der Waals surface area contributed by atoms with E-state index in [1.54, 1.807) is 30.3 Å². The van der Waals surface area contributed by atoms with Gasteiger partial charge in [0, 0.05) is 5.39 Å². The summed E-state index contributed by atoms with van der Waals surface area (Å²) in [6.07, 6.45) is 0. The number of benzene rings is 2. The van der Waals surface area contributed by atoms with E-state index in [4.69, 9.17) is 4.74 Å². The Morgan fingerprint density at radius 3 is 2.70 bits per heavy atom. The Kier molecular flexibility index (Phi) is 4.01. The second-order valence-corrected chi connectivity index (χ2v) is 4.72. The SMILES string of the molecule is O=C(COC(=O)c1n[nH]c2ccccc12)Nc1ccccc1F. The van der Waals surface area contributed by atoms with Crippen molar-refractivity contribution in [3.63, 3.8) is 0 Å². The monoisotopic (exact) mass is 313 g/mol. The molecule has 1 heterocycles. The number of carbonyl (C=O) groups excluding carboxylic acids is 2. The number of carbonyl (C=O) groups is 2. The zero-order chi connectivity index (χ0) is 16.2. The number of hydrogen-bond acceptors (Lipinski definition) is 4. The Morgan fingerprint density at radius 1 is 1.13 bits per heavy atom. The smallest absolute Gasteiger partial charge is 0.359 e. The number of rotatable bonds is 4. The molecule has 0 aliphatic carbocycles. The molecule has 1 aromatic heterocycles. The molecule has 0 fully saturated rings. The molecule has 7 heteroatoms. The molecular weight excluding hydrogens is 301 g/mol. The highest BCUT2D eigenvalue weighted by Crippen LogP contribution is 2.16. The van der Waals surface area contributed by atoms with E-state index in [2.05, 4.69) is 15.5 Å². The normalized spacial score (nSPS) is 10.5. The van der Waals surface area contributed by atoms with Crippen LogP contribution >= 0.6 is 0 Å². The van der Waals surface area contributed by atoms with Crippen LogP contribution in [0.5, 0.6) is 0 Å². The third-order valence-electron chi connectivity index (χ3n) is 3.15. The number of fused-ring (bicyclic) bond motifs is 1. The van der Waals surface area contributed by atoms with Gasteiger partial charge >= 0.3 is 5.97 Å². The van der Waals surface area contributed by atoms with E-state index >= 15 is 0 Å². The first-order valence-electron chi connectivity index (χ1n) is 6.80. The highest BCUT2D eigenvalue weighted by Gasteiger charge is 2.17. The fraction of sp³-hybridized carbons (Fsp3) is 0.0625. The number of esters is 1. The molecule has 3 aromatic rings. The minimum atomic E-state index is -0.730. The number of H-pyrrole nitrogens is 1. The van der Waals surface area contributed by atoms with E-state index in [-0.39, 0.29) is 11.4 Å². The number of anilines is 1. The topological polar surface area (TPSA) is 84.1 Å². The Morgan fingerprint density at radius 2 is 1.87 bits per heavy atom. The second kappa shape index (κ2) is 6.27. The van der Waals surface area contributed by atoms with Gasteiger partial charge in [0.1, 0.15) is 5.82 Å². The second-order valence-electron chi connectivity index (χ2n) is 4.72. The van der Waals surface area contributed by atoms with Crippen molar-refractivity contribution >= 4 is 28.5 Å². The Labute approximate surface area is 130 Å². The average Bonchev–Trinajstić information content (AvgIpc) is 2.99. The predicted octanol–water partition coefficient (Wildman–Crippen LogP) is 2.50. The first-order chi connectivity index (χ1) is 11.1. The lowest BCUT2D eigenvalue weighted by molar-refractivity contribution is -0.119. The number of amides is 1. The maximum Gasteiger partial charge on any atom is 0.359 e. The van der Waals surface area contributed by atoms with Crippen LogP contribution in [0.2, 0.25) is 0 Å². The summed E-state index contributed by atoms with van der Waals surface area (Å²) in [6, 6.07) is 12.8. The summed E-state index contributed by atoms with van der Waals surface area (Å²) in [7, 11) is 0. The number of aromatic amines is 1. The molecule has 23 heavy (non-hydrogen) atoms. The first kappa shape index (κ1) is 14.7. The van der Waals surface area contributed by atoms with Gasteiger partial charge in [-0.3, -0.25) is 9.89 Å². The summed E-state index contributed by atoms with van der Waals surface area (Å²) < 4.78 is 18.3. The molecule has 0 atom stereocenters. The van der Waals surface area contributed by atoms with Gasteiger partial charge < -0.3 is 10.1 Å². The lowest BCUT2D eigenvalue weighted by atomic mass is 10.2. The minimum Gasteiger partial charge on any atom is -0.451 e. The third-order valence-corrected chi connectivity index (χ3v) is 3.15. The number of hydrogen-bond donors (Lipinski definition) is 2. The van der Waals surface area contributed by atoms with Gasteiger partial charge in [0.25, 0.3) is 5.91 Å². The van der Waals surface area contributed by atoms with Crippen LogP contribution in [0, 0.1) is 5.82 Å². The molecule has 0 aliphatic heterocycles. The van der Waals surface area contributed by atoms with Crippen molar-refractivity contribution in [3.05, 3.63) is 60.0 Å². The molecule has 6 nitrogen and oxygen atoms in total. The van der Waals surface area contributed by atoms with Crippen molar-refractivity contribution in [1.29, 1.82) is 0 Å². The lowest BCUT2D eigenvalue weighted by Gasteiger charge is -2.06. The molecule has 3 rings (SSSR count). The molecule has 0 radical (unpaired) electrons. The van der Waals surface area contributed by atoms with E-state index in [1.165, 1.54) is 18.2 Å². The molecule has 0 unspecified atom stereocenters. The van der Waals surface area contributed by atoms with Crippen molar-refractivity contribution in [2.45, 2.75) is 0 Å². The summed E-state index contributed by atoms with van der Waals surface area (Å²) in [5.74, 6) is -1.93. The number of ether oxygens (including phenoxy) is 1. The van der Waals surface area contributed by atoms with Gasteiger partial charge in [-0.05, 0) is 18.2 Å². The van der Waals surface area contributed by atoms with Gasteiger partial charge in [-0.15, -0.1) is 0 Å². The fourth-order valence-electron chi connectivity index (χ4n) is 2.07. The molecule has 0 bridgehead atoms. The van der Waals surface area contributed by atoms with E-state index in [0.29, 0.717) is 10.9 Å². The van der Waals surface area contributed by atoms with Crippen molar-refractivity contribution in [3.8, 4) is 0 Å². The van der Waals surface area contributed by atoms with Crippen LogP contribution in [0.25, 0.3) is 10.9 Å². The highest BCUT2D eigenvalue weighted by atomic mass is 19.1. The van der Waals surface area contributed by atoms with E-state index in [0.717, 1.165) is 0 Å². The van der Waals surface area contributed by atoms with Gasteiger partial charge in [-0.2, -0.15) is 5.10 Å². The molecule has 0 saturated heterocycles. The van der Waals surface area contributed by atoms with Gasteiger partial charge in [0.15, 0.2) is 12.3 Å². The molecular formula is C16H12FN3O3. The van der Waals surface area contributed by atoms with Gasteiger partial charge in [0.05, 0.1) is 11.2 Å². The molecule has 0 aliphatic rings. The largest absolute Gasteiger partial charge is 0.451 e. The van der Waals surface area contributed by atoms with E-state index < -0.39 is 24.3 Å². The summed E-state index contributed by atoms with van der Waals surface area (Å²) in [5.41, 5.74) is 0.813. The molecule has 2 aromatic carbocycles. The predicted molar refractivity (Wildman–Crippen MR) is 81.4 cm³/mol. The van der Waals surface area contributed by atoms with Crippen molar-refractivity contribution < 1.29 is 18.7 Å². The zero-order valence-corrected chi connectivity index (χ0v) is 11.9. The number of aromatic nitrogens is 2. The van der Waals surface area contributed by atoms with Crippen LogP contribution in [0.1, 0.15) is 10.5 Å². The van der Waals surface area contributed by atoms with Gasteiger partial charge in [0.2, 0.25) is 0 Å². The third kappa shape index (κ3) is 3.18. The Balaban J connectivity index is 1.63. The Hall–Kier alpha value is -3.22. The van der Waals surface area contributed by atoms with E-state index in [9.17, 15) is 14.0 Å². The van der Waals surface area contributed by atoms with Crippen LogP contribution in [0.15, 0.2) is 48.5 Å². The molecule has 116 valence electrons. The molecule has 2 N–H and O–H groups in total. The van der Waals surface area contributed by atoms with Crippen LogP contribution in [0.4, 0.5) is 10.1 Å². The highest BCUT2D eigenvalue weighted by molar-refractivity contribution is 6.03. The fourth-order valence-corrected chi connectivity index (χ4v) is 2.07. The summed E-state index contributed by atoms with van der Waals surface area (Å²) >= 11 is 0. The lowest BCUT2D eigenvalue weighted by Crippen LogP contribution is -2.21. The molecule has 0 spiro atoms. The van der Waals surface area contributed by atoms with Crippen molar-refractivity contribution in [2.24, 2.45) is 0 Å². The van der Waals surface area contributed by atoms with Crippen LogP contribution in [0.3, 0.4) is 0 Å². The van der Waals surface area contributed by atoms with Crippen molar-refractivity contribution in [1.82, 2.24) is 10.2 Å². The number of nitrogens with zero attached hydrogens (tertiary/aromatic N) is 1. The van der Waals surface area contributed by atoms with Crippen LogP contribution < -0.4 is 5.32 Å². The Bertz CT molecular complexity index is 876. The maximum absolute atomic E-state index is 13.4. The van der Waals surface area contributed by atoms with Crippen LogP contribution in [-0.2, 0) is 9.53 Å². The van der Waals surface area contributed by atoms with Gasteiger partial charge in [-0.25, -0.2) is 9.18 Å². The molecule has 1 amide bonds. The maximum atomic E-state index is 13.4. The van der Waals surface area contributed by atoms with Crippen LogP contribution in [-0.4, -0.2) is 28.7 Å². The van der Waals surface area contributed by atoms with E-state index in [1.807, 2.05) is 0 Å². The minimum absolute atomic E-state index is 0.0266. The zero-order valence-electron chi connectivity index (χ0n) is 11.9. The number of para-hydroxylation sites is 2. The summed E-state index contributed by atoms with van der Waals surface area (Å²) in [5, 5.41) is 9.52. The first-order valence-corrected chi connectivity index (χ1v) is 6.80. The number of nitrogens with one attached hydrogen (secondary N) is 2.